The highest BCUT2D eigenvalue weighted by atomic mass is 79.9. The van der Waals surface area contributed by atoms with Crippen LogP contribution >= 0.6 is 15.9 Å². The number of benzene rings is 1. The van der Waals surface area contributed by atoms with E-state index in [-0.39, 0.29) is 6.42 Å². The molecule has 0 spiro atoms. The van der Waals surface area contributed by atoms with E-state index in [0.717, 1.165) is 4.47 Å². The van der Waals surface area contributed by atoms with Gasteiger partial charge in [-0.2, -0.15) is 0 Å². The quantitative estimate of drug-likeness (QED) is 0.616. The molecule has 1 saturated carbocycles. The molecule has 1 aromatic carbocycles. The first-order valence-corrected chi connectivity index (χ1v) is 8.18. The number of hydrogen-bond donors (Lipinski definition) is 1. The number of ether oxygens (including phenoxy) is 2. The molecule has 130 valence electrons. The van der Waals surface area contributed by atoms with Gasteiger partial charge in [0.2, 0.25) is 0 Å². The Balaban J connectivity index is 2.65. The SMILES string of the molecule is COC(=O)[C@H]1C(=O)C[C@@](C)(O)[C@H](C(=O)OC)[C@@H]1c1cccc(Br)c1. The Hall–Kier alpha value is -1.73. The van der Waals surface area contributed by atoms with Crippen LogP contribution in [-0.2, 0) is 23.9 Å². The highest BCUT2D eigenvalue weighted by Crippen LogP contribution is 2.46. The van der Waals surface area contributed by atoms with Crippen molar-refractivity contribution in [2.45, 2.75) is 24.9 Å². The number of hydrogen-bond acceptors (Lipinski definition) is 6. The molecule has 0 amide bonds. The zero-order chi connectivity index (χ0) is 18.1. The smallest absolute Gasteiger partial charge is 0.316 e. The highest BCUT2D eigenvalue weighted by Gasteiger charge is 2.56. The average Bonchev–Trinajstić information content (AvgIpc) is 2.52. The third-order valence-electron chi connectivity index (χ3n) is 4.41. The van der Waals surface area contributed by atoms with Crippen LogP contribution in [0, 0.1) is 11.8 Å². The molecule has 1 N–H and O–H groups in total. The molecule has 0 heterocycles. The number of halogens is 1. The summed E-state index contributed by atoms with van der Waals surface area (Å²) in [7, 11) is 2.40. The maximum absolute atomic E-state index is 12.5. The van der Waals surface area contributed by atoms with Crippen LogP contribution < -0.4 is 0 Å². The third kappa shape index (κ3) is 3.37. The van der Waals surface area contributed by atoms with Crippen molar-refractivity contribution in [3.63, 3.8) is 0 Å². The maximum atomic E-state index is 12.5. The second-order valence-electron chi connectivity index (χ2n) is 6.08. The van der Waals surface area contributed by atoms with E-state index in [1.165, 1.54) is 21.1 Å². The van der Waals surface area contributed by atoms with Crippen LogP contribution in [0.1, 0.15) is 24.8 Å². The van der Waals surface area contributed by atoms with Crippen molar-refractivity contribution in [1.29, 1.82) is 0 Å². The van der Waals surface area contributed by atoms with Gasteiger partial charge < -0.3 is 14.6 Å². The van der Waals surface area contributed by atoms with Crippen LogP contribution in [0.25, 0.3) is 0 Å². The molecule has 2 rings (SSSR count). The number of aliphatic hydroxyl groups is 1. The molecule has 1 aliphatic rings. The fraction of sp³-hybridized carbons (Fsp3) is 0.471. The van der Waals surface area contributed by atoms with Crippen LogP contribution in [0.3, 0.4) is 0 Å². The Kier molecular flexibility index (Phi) is 5.45. The summed E-state index contributed by atoms with van der Waals surface area (Å²) in [6, 6.07) is 6.93. The highest BCUT2D eigenvalue weighted by molar-refractivity contribution is 9.10. The van der Waals surface area contributed by atoms with Crippen LogP contribution in [0.5, 0.6) is 0 Å². The van der Waals surface area contributed by atoms with E-state index in [1.54, 1.807) is 24.3 Å². The van der Waals surface area contributed by atoms with Gasteiger partial charge in [-0.15, -0.1) is 0 Å². The minimum Gasteiger partial charge on any atom is -0.469 e. The van der Waals surface area contributed by atoms with Gasteiger partial charge in [0.15, 0.2) is 5.78 Å². The molecule has 1 fully saturated rings. The van der Waals surface area contributed by atoms with Crippen molar-refractivity contribution in [3.8, 4) is 0 Å². The van der Waals surface area contributed by atoms with E-state index in [4.69, 9.17) is 9.47 Å². The molecule has 1 aromatic rings. The molecule has 0 aromatic heterocycles. The standard InChI is InChI=1S/C17H19BrO6/c1-17(22)8-11(19)13(15(20)23-2)12(14(17)16(21)24-3)9-5-4-6-10(18)7-9/h4-7,12-14,22H,8H2,1-3H3/t12-,13+,14+,17-/m1/s1. The fourth-order valence-corrected chi connectivity index (χ4v) is 3.80. The van der Waals surface area contributed by atoms with Gasteiger partial charge in [0.25, 0.3) is 0 Å². The number of Topliss-reactive ketones (excluding diaryl/α,β-unsaturated/α-hetero) is 1. The second kappa shape index (κ2) is 7.03. The van der Waals surface area contributed by atoms with Crippen molar-refractivity contribution < 1.29 is 29.0 Å². The van der Waals surface area contributed by atoms with Crippen molar-refractivity contribution >= 4 is 33.7 Å². The van der Waals surface area contributed by atoms with E-state index >= 15 is 0 Å². The summed E-state index contributed by atoms with van der Waals surface area (Å²) in [5, 5.41) is 10.7. The van der Waals surface area contributed by atoms with Crippen molar-refractivity contribution in [2.75, 3.05) is 14.2 Å². The van der Waals surface area contributed by atoms with Gasteiger partial charge in [-0.3, -0.25) is 14.4 Å². The van der Waals surface area contributed by atoms with Crippen molar-refractivity contribution in [1.82, 2.24) is 0 Å². The molecule has 4 atom stereocenters. The predicted molar refractivity (Wildman–Crippen MR) is 88.1 cm³/mol. The summed E-state index contributed by atoms with van der Waals surface area (Å²) in [5.74, 6) is -4.98. The normalized spacial score (nSPS) is 29.9. The first-order chi connectivity index (χ1) is 11.2. The summed E-state index contributed by atoms with van der Waals surface area (Å²) >= 11 is 3.34. The number of esters is 2. The monoisotopic (exact) mass is 398 g/mol. The second-order valence-corrected chi connectivity index (χ2v) is 7.00. The molecule has 0 radical (unpaired) electrons. The number of methoxy groups -OCH3 is 2. The zero-order valence-corrected chi connectivity index (χ0v) is 15.2. The molecule has 6 nitrogen and oxygen atoms in total. The lowest BCUT2D eigenvalue weighted by Gasteiger charge is -2.43. The van der Waals surface area contributed by atoms with Gasteiger partial charge in [0.1, 0.15) is 5.92 Å². The van der Waals surface area contributed by atoms with E-state index in [2.05, 4.69) is 15.9 Å². The summed E-state index contributed by atoms with van der Waals surface area (Å²) in [6.07, 6.45) is -0.322. The minimum atomic E-state index is -1.62. The molecule has 24 heavy (non-hydrogen) atoms. The Morgan fingerprint density at radius 1 is 1.25 bits per heavy atom. The van der Waals surface area contributed by atoms with Crippen LogP contribution in [0.2, 0.25) is 0 Å². The number of carbonyl (C=O) groups is 3. The van der Waals surface area contributed by atoms with Crippen LogP contribution in [0.4, 0.5) is 0 Å². The van der Waals surface area contributed by atoms with Crippen LogP contribution in [0.15, 0.2) is 28.7 Å². The third-order valence-corrected chi connectivity index (χ3v) is 4.90. The largest absolute Gasteiger partial charge is 0.469 e. The Morgan fingerprint density at radius 3 is 2.42 bits per heavy atom. The van der Waals surface area contributed by atoms with Gasteiger partial charge in [-0.05, 0) is 24.6 Å². The Labute approximate surface area is 148 Å². The maximum Gasteiger partial charge on any atom is 0.316 e. The van der Waals surface area contributed by atoms with Gasteiger partial charge in [0, 0.05) is 16.8 Å². The Bertz CT molecular complexity index is 669. The Morgan fingerprint density at radius 2 is 1.88 bits per heavy atom. The van der Waals surface area contributed by atoms with Gasteiger partial charge in [0.05, 0.1) is 25.7 Å². The van der Waals surface area contributed by atoms with Gasteiger partial charge in [-0.25, -0.2) is 0 Å². The summed E-state index contributed by atoms with van der Waals surface area (Å²) in [5.41, 5.74) is -1.05. The van der Waals surface area contributed by atoms with Crippen molar-refractivity contribution in [3.05, 3.63) is 34.3 Å². The molecule has 1 aliphatic carbocycles. The molecule has 0 aliphatic heterocycles. The zero-order valence-electron chi connectivity index (χ0n) is 13.6. The fourth-order valence-electron chi connectivity index (χ4n) is 3.38. The summed E-state index contributed by atoms with van der Waals surface area (Å²) in [4.78, 5) is 37.1. The van der Waals surface area contributed by atoms with Gasteiger partial charge in [-0.1, -0.05) is 28.1 Å². The number of ketones is 1. The summed E-state index contributed by atoms with van der Waals surface area (Å²) < 4.78 is 10.3. The first kappa shape index (κ1) is 18.6. The molecule has 0 bridgehead atoms. The predicted octanol–water partition coefficient (Wildman–Crippen LogP) is 1.83. The molecule has 7 heteroatoms. The number of rotatable bonds is 3. The lowest BCUT2D eigenvalue weighted by molar-refractivity contribution is -0.170. The first-order valence-electron chi connectivity index (χ1n) is 7.39. The van der Waals surface area contributed by atoms with Gasteiger partial charge >= 0.3 is 11.9 Å². The average molecular weight is 399 g/mol. The van der Waals surface area contributed by atoms with E-state index < -0.39 is 41.1 Å². The van der Waals surface area contributed by atoms with E-state index in [0.29, 0.717) is 5.56 Å². The van der Waals surface area contributed by atoms with E-state index in [1.807, 2.05) is 0 Å². The molecular formula is C17H19BrO6. The minimum absolute atomic E-state index is 0.322. The lowest BCUT2D eigenvalue weighted by Crippen LogP contribution is -2.55. The van der Waals surface area contributed by atoms with Crippen molar-refractivity contribution in [2.24, 2.45) is 11.8 Å². The van der Waals surface area contributed by atoms with E-state index in [9.17, 15) is 19.5 Å². The molecular weight excluding hydrogens is 380 g/mol. The molecule has 0 saturated heterocycles. The molecule has 0 unspecified atom stereocenters. The lowest BCUT2D eigenvalue weighted by atomic mass is 9.62. The topological polar surface area (TPSA) is 89.9 Å². The van der Waals surface area contributed by atoms with Crippen LogP contribution in [-0.4, -0.2) is 42.6 Å². The number of carbonyl (C=O) groups excluding carboxylic acids is 3. The summed E-state index contributed by atoms with van der Waals surface area (Å²) in [6.45, 7) is 1.41.